The van der Waals surface area contributed by atoms with E-state index in [9.17, 15) is 19.2 Å². The van der Waals surface area contributed by atoms with Gasteiger partial charge in [-0.1, -0.05) is 46.6 Å². The molecule has 224 valence electrons. The van der Waals surface area contributed by atoms with Crippen LogP contribution in [0.2, 0.25) is 5.02 Å². The number of anilines is 1. The van der Waals surface area contributed by atoms with Gasteiger partial charge in [-0.15, -0.1) is 0 Å². The van der Waals surface area contributed by atoms with Gasteiger partial charge >= 0.3 is 5.97 Å². The molecule has 1 aliphatic rings. The van der Waals surface area contributed by atoms with Crippen molar-refractivity contribution >= 4 is 90.0 Å². The van der Waals surface area contributed by atoms with Crippen LogP contribution in [0.4, 0.5) is 10.5 Å². The van der Waals surface area contributed by atoms with Crippen molar-refractivity contribution in [2.45, 2.75) is 20.0 Å². The van der Waals surface area contributed by atoms with E-state index in [4.69, 9.17) is 25.8 Å². The van der Waals surface area contributed by atoms with Gasteiger partial charge in [0, 0.05) is 10.2 Å². The first-order valence-electron chi connectivity index (χ1n) is 12.9. The molecule has 0 aliphatic carbocycles. The monoisotopic (exact) mass is 750 g/mol. The predicted octanol–water partition coefficient (Wildman–Crippen LogP) is 7.69. The van der Waals surface area contributed by atoms with Gasteiger partial charge in [0.1, 0.15) is 13.2 Å². The number of rotatable bonds is 11. The number of hydrogen-bond acceptors (Lipinski definition) is 8. The fraction of sp³-hybridized carbons (Fsp3) is 0.200. The zero-order chi connectivity index (χ0) is 31.1. The maximum Gasteiger partial charge on any atom is 0.339 e. The summed E-state index contributed by atoms with van der Waals surface area (Å²) < 4.78 is 18.2. The molecular weight excluding hydrogens is 728 g/mol. The van der Waals surface area contributed by atoms with Crippen LogP contribution in [0.5, 0.6) is 11.5 Å². The minimum atomic E-state index is -0.629. The first-order chi connectivity index (χ1) is 20.6. The lowest BCUT2D eigenvalue weighted by Gasteiger charge is -2.14. The number of nitrogens with one attached hydrogen (secondary N) is 1. The summed E-state index contributed by atoms with van der Waals surface area (Å²) in [5.41, 5.74) is 1.90. The summed E-state index contributed by atoms with van der Waals surface area (Å²) in [6.07, 6.45) is 2.19. The normalized spacial score (nSPS) is 13.8. The van der Waals surface area contributed by atoms with Gasteiger partial charge in [-0.25, -0.2) is 4.79 Å². The minimum absolute atomic E-state index is 0.0911. The molecule has 0 atom stereocenters. The van der Waals surface area contributed by atoms with Crippen LogP contribution in [0.3, 0.4) is 0 Å². The molecule has 1 N–H and O–H groups in total. The van der Waals surface area contributed by atoms with E-state index in [0.717, 1.165) is 26.7 Å². The van der Waals surface area contributed by atoms with Crippen LogP contribution in [-0.4, -0.2) is 48.2 Å². The molecule has 0 unspecified atom stereocenters. The van der Waals surface area contributed by atoms with E-state index >= 15 is 0 Å². The number of hydrogen-bond donors (Lipinski definition) is 1. The van der Waals surface area contributed by atoms with Crippen LogP contribution in [0.25, 0.3) is 6.08 Å². The van der Waals surface area contributed by atoms with Crippen LogP contribution >= 0.6 is 55.2 Å². The summed E-state index contributed by atoms with van der Waals surface area (Å²) >= 11 is 13.7. The van der Waals surface area contributed by atoms with Gasteiger partial charge in [0.05, 0.1) is 33.7 Å². The van der Waals surface area contributed by atoms with Crippen molar-refractivity contribution in [2.24, 2.45) is 0 Å². The molecule has 43 heavy (non-hydrogen) atoms. The van der Waals surface area contributed by atoms with Crippen LogP contribution in [0.15, 0.2) is 68.4 Å². The average molecular weight is 753 g/mol. The highest BCUT2D eigenvalue weighted by Crippen LogP contribution is 2.39. The number of carbonyl (C=O) groups excluding carboxylic acids is 4. The van der Waals surface area contributed by atoms with Gasteiger partial charge in [-0.2, -0.15) is 0 Å². The molecule has 4 rings (SSSR count). The Kier molecular flexibility index (Phi) is 11.3. The van der Waals surface area contributed by atoms with E-state index in [1.807, 2.05) is 31.2 Å². The number of thioether (sulfide) groups is 1. The third-order valence-electron chi connectivity index (χ3n) is 5.93. The number of ether oxygens (including phenoxy) is 3. The highest BCUT2D eigenvalue weighted by atomic mass is 79.9. The van der Waals surface area contributed by atoms with Crippen molar-refractivity contribution in [3.63, 3.8) is 0 Å². The standard InChI is InChI=1S/C30H25Br2ClN2O7S/c1-3-10-41-29(38)21-14-20(8-9-23(21)33)34-26(36)15-35-28(37)25(43-30(35)39)13-18-11-22(32)27(24(12-18)40-2)42-16-17-4-6-19(31)7-5-17/h4-9,11-14H,3,10,15-16H2,1-2H3,(H,34,36)/b25-13+. The molecular formula is C30H25Br2ClN2O7S. The smallest absolute Gasteiger partial charge is 0.339 e. The van der Waals surface area contributed by atoms with E-state index < -0.39 is 29.6 Å². The fourth-order valence-corrected chi connectivity index (χ4v) is 5.73. The molecule has 0 saturated carbocycles. The number of amides is 3. The number of imide groups is 1. The first kappa shape index (κ1) is 32.6. The number of halogens is 3. The van der Waals surface area contributed by atoms with Crippen molar-refractivity contribution < 1.29 is 33.4 Å². The Morgan fingerprint density at radius 2 is 1.81 bits per heavy atom. The molecule has 3 aromatic carbocycles. The van der Waals surface area contributed by atoms with Gasteiger partial charge < -0.3 is 19.5 Å². The molecule has 1 saturated heterocycles. The quantitative estimate of drug-likeness (QED) is 0.157. The second kappa shape index (κ2) is 14.9. The number of carbonyl (C=O) groups is 4. The molecule has 0 aromatic heterocycles. The van der Waals surface area contributed by atoms with Gasteiger partial charge in [0.2, 0.25) is 5.91 Å². The molecule has 1 heterocycles. The largest absolute Gasteiger partial charge is 0.493 e. The second-order valence-electron chi connectivity index (χ2n) is 9.10. The average Bonchev–Trinajstić information content (AvgIpc) is 3.23. The van der Waals surface area contributed by atoms with Gasteiger partial charge in [-0.3, -0.25) is 19.3 Å². The lowest BCUT2D eigenvalue weighted by Crippen LogP contribution is -2.36. The molecule has 0 radical (unpaired) electrons. The van der Waals surface area contributed by atoms with Crippen molar-refractivity contribution in [1.82, 2.24) is 4.90 Å². The topological polar surface area (TPSA) is 111 Å². The molecule has 13 heteroatoms. The van der Waals surface area contributed by atoms with Crippen LogP contribution in [-0.2, 0) is 20.9 Å². The minimum Gasteiger partial charge on any atom is -0.493 e. The Labute approximate surface area is 274 Å². The third-order valence-corrected chi connectivity index (χ3v) is 8.28. The lowest BCUT2D eigenvalue weighted by atomic mass is 10.1. The SMILES string of the molecule is CCCOC(=O)c1cc(NC(=O)CN2C(=O)S/C(=C/c3cc(Br)c(OCc4ccc(Br)cc4)c(OC)c3)C2=O)ccc1Cl. The van der Waals surface area contributed by atoms with Gasteiger partial charge in [0.25, 0.3) is 11.1 Å². The van der Waals surface area contributed by atoms with E-state index in [-0.39, 0.29) is 27.8 Å². The van der Waals surface area contributed by atoms with Gasteiger partial charge in [-0.05, 0) is 93.8 Å². The lowest BCUT2D eigenvalue weighted by molar-refractivity contribution is -0.127. The highest BCUT2D eigenvalue weighted by Gasteiger charge is 2.36. The Hall–Kier alpha value is -3.32. The van der Waals surface area contributed by atoms with E-state index in [1.165, 1.54) is 25.3 Å². The van der Waals surface area contributed by atoms with Crippen LogP contribution in [0.1, 0.15) is 34.8 Å². The Morgan fingerprint density at radius 1 is 1.07 bits per heavy atom. The summed E-state index contributed by atoms with van der Waals surface area (Å²) in [4.78, 5) is 51.7. The molecule has 3 aromatic rings. The van der Waals surface area contributed by atoms with Crippen molar-refractivity contribution in [2.75, 3.05) is 25.6 Å². The molecule has 0 bridgehead atoms. The first-order valence-corrected chi connectivity index (χ1v) is 15.6. The number of benzene rings is 3. The summed E-state index contributed by atoms with van der Waals surface area (Å²) in [5, 5.41) is 2.17. The number of nitrogens with zero attached hydrogens (tertiary/aromatic N) is 1. The van der Waals surface area contributed by atoms with Crippen LogP contribution in [0, 0.1) is 0 Å². The number of methoxy groups -OCH3 is 1. The van der Waals surface area contributed by atoms with Crippen molar-refractivity contribution in [3.8, 4) is 11.5 Å². The molecule has 1 aliphatic heterocycles. The number of esters is 1. The van der Waals surface area contributed by atoms with E-state index in [2.05, 4.69) is 37.2 Å². The summed E-state index contributed by atoms with van der Waals surface area (Å²) in [7, 11) is 1.50. The maximum atomic E-state index is 13.1. The molecule has 0 spiro atoms. The third kappa shape index (κ3) is 8.41. The predicted molar refractivity (Wildman–Crippen MR) is 173 cm³/mol. The van der Waals surface area contributed by atoms with Crippen molar-refractivity contribution in [3.05, 3.63) is 90.2 Å². The molecule has 1 fully saturated rings. The zero-order valence-electron chi connectivity index (χ0n) is 22.9. The van der Waals surface area contributed by atoms with Gasteiger partial charge in [0.15, 0.2) is 11.5 Å². The second-order valence-corrected chi connectivity index (χ2v) is 12.3. The zero-order valence-corrected chi connectivity index (χ0v) is 27.7. The van der Waals surface area contributed by atoms with E-state index in [1.54, 1.807) is 18.2 Å². The maximum absolute atomic E-state index is 13.1. The molecule has 3 amide bonds. The summed E-state index contributed by atoms with van der Waals surface area (Å²) in [5.74, 6) is -0.953. The summed E-state index contributed by atoms with van der Waals surface area (Å²) in [6.45, 7) is 1.88. The molecule has 9 nitrogen and oxygen atoms in total. The van der Waals surface area contributed by atoms with E-state index in [0.29, 0.717) is 34.6 Å². The highest BCUT2D eigenvalue weighted by molar-refractivity contribution is 9.10. The Morgan fingerprint density at radius 3 is 2.51 bits per heavy atom. The van der Waals surface area contributed by atoms with Crippen molar-refractivity contribution in [1.29, 1.82) is 0 Å². The Bertz CT molecular complexity index is 1600. The summed E-state index contributed by atoms with van der Waals surface area (Å²) in [6, 6.07) is 15.5. The Balaban J connectivity index is 1.43. The fourth-order valence-electron chi connectivity index (χ4n) is 3.86. The van der Waals surface area contributed by atoms with Crippen LogP contribution < -0.4 is 14.8 Å².